The SMILES string of the molecule is c1ccc(-c2nc(-c3ccc(-c4cccc5ccccc45)cc3)cc(-c3ccc4c(c3)Sc3c(ccc5ccccc35)C43c4ccccc4-c4ccccc43)n2)cc1. The Labute approximate surface area is 341 Å². The van der Waals surface area contributed by atoms with Gasteiger partial charge in [0.25, 0.3) is 0 Å². The molecule has 270 valence electrons. The van der Waals surface area contributed by atoms with Gasteiger partial charge in [0.2, 0.25) is 0 Å². The van der Waals surface area contributed by atoms with Gasteiger partial charge in [0.05, 0.1) is 16.8 Å². The number of hydrogen-bond acceptors (Lipinski definition) is 3. The Hall–Kier alpha value is -7.07. The lowest BCUT2D eigenvalue weighted by Gasteiger charge is -2.40. The van der Waals surface area contributed by atoms with Crippen molar-refractivity contribution in [2.24, 2.45) is 0 Å². The van der Waals surface area contributed by atoms with Gasteiger partial charge in [-0.05, 0) is 78.2 Å². The van der Waals surface area contributed by atoms with Gasteiger partial charge in [-0.3, -0.25) is 0 Å². The molecule has 2 heterocycles. The van der Waals surface area contributed by atoms with Gasteiger partial charge in [-0.25, -0.2) is 9.97 Å². The maximum Gasteiger partial charge on any atom is 0.160 e. The summed E-state index contributed by atoms with van der Waals surface area (Å²) in [6, 6.07) is 75.0. The van der Waals surface area contributed by atoms with Gasteiger partial charge >= 0.3 is 0 Å². The van der Waals surface area contributed by atoms with Crippen LogP contribution in [-0.4, -0.2) is 9.97 Å². The molecule has 0 fully saturated rings. The zero-order valence-electron chi connectivity index (χ0n) is 31.4. The fourth-order valence-corrected chi connectivity index (χ4v) is 10.9. The molecule has 9 aromatic carbocycles. The van der Waals surface area contributed by atoms with Crippen LogP contribution >= 0.6 is 11.8 Å². The van der Waals surface area contributed by atoms with Crippen molar-refractivity contribution >= 4 is 33.3 Å². The van der Waals surface area contributed by atoms with Crippen LogP contribution in [0.5, 0.6) is 0 Å². The Morgan fingerprint density at radius 1 is 0.345 bits per heavy atom. The second-order valence-electron chi connectivity index (χ2n) is 15.2. The molecule has 0 bridgehead atoms. The van der Waals surface area contributed by atoms with Gasteiger partial charge in [-0.1, -0.05) is 206 Å². The summed E-state index contributed by atoms with van der Waals surface area (Å²) >= 11 is 1.89. The van der Waals surface area contributed by atoms with Crippen molar-refractivity contribution in [2.75, 3.05) is 0 Å². The number of rotatable bonds is 4. The lowest BCUT2D eigenvalue weighted by atomic mass is 9.67. The van der Waals surface area contributed by atoms with E-state index in [1.807, 2.05) is 17.8 Å². The first kappa shape index (κ1) is 33.1. The molecule has 1 aromatic heterocycles. The Morgan fingerprint density at radius 2 is 0.897 bits per heavy atom. The maximum absolute atomic E-state index is 5.28. The molecular weight excluding hydrogens is 721 g/mol. The van der Waals surface area contributed by atoms with E-state index in [2.05, 4.69) is 200 Å². The van der Waals surface area contributed by atoms with Crippen LogP contribution in [-0.2, 0) is 5.41 Å². The standard InChI is InChI=1S/C55H34N2S/c1-2-15-39(16-3-1)54-56-50(38-27-25-37(26-28-38)42-22-12-17-35-13-4-6-18-41(35)42)34-51(57-54)40-30-31-48-52(33-40)58-53-43-19-7-5-14-36(43)29-32-49(53)55(48)46-23-10-8-20-44(46)45-21-9-11-24-47(45)55/h1-34H. The van der Waals surface area contributed by atoms with Crippen molar-refractivity contribution in [3.8, 4) is 56.2 Å². The van der Waals surface area contributed by atoms with E-state index in [9.17, 15) is 0 Å². The van der Waals surface area contributed by atoms with Crippen molar-refractivity contribution in [3.05, 3.63) is 229 Å². The van der Waals surface area contributed by atoms with E-state index >= 15 is 0 Å². The molecule has 10 aromatic rings. The molecule has 3 heteroatoms. The molecular formula is C55H34N2S. The minimum atomic E-state index is -0.455. The van der Waals surface area contributed by atoms with Crippen LogP contribution < -0.4 is 0 Å². The van der Waals surface area contributed by atoms with Gasteiger partial charge in [0.1, 0.15) is 0 Å². The molecule has 2 nitrogen and oxygen atoms in total. The topological polar surface area (TPSA) is 25.8 Å². The lowest BCUT2D eigenvalue weighted by molar-refractivity contribution is 0.726. The molecule has 0 radical (unpaired) electrons. The normalized spacial score (nSPS) is 13.2. The average molecular weight is 755 g/mol. The lowest BCUT2D eigenvalue weighted by Crippen LogP contribution is -2.32. The number of fused-ring (bicyclic) bond motifs is 12. The largest absolute Gasteiger partial charge is 0.228 e. The van der Waals surface area contributed by atoms with Crippen molar-refractivity contribution in [2.45, 2.75) is 15.2 Å². The summed E-state index contributed by atoms with van der Waals surface area (Å²) in [6.07, 6.45) is 0. The van der Waals surface area contributed by atoms with E-state index in [1.165, 1.54) is 75.8 Å². The summed E-state index contributed by atoms with van der Waals surface area (Å²) in [5.41, 5.74) is 14.8. The highest BCUT2D eigenvalue weighted by Crippen LogP contribution is 2.63. The predicted octanol–water partition coefficient (Wildman–Crippen LogP) is 14.3. The average Bonchev–Trinajstić information content (AvgIpc) is 3.59. The zero-order chi connectivity index (χ0) is 38.2. The van der Waals surface area contributed by atoms with E-state index in [4.69, 9.17) is 9.97 Å². The molecule has 0 amide bonds. The van der Waals surface area contributed by atoms with Crippen LogP contribution in [0.2, 0.25) is 0 Å². The Morgan fingerprint density at radius 3 is 1.66 bits per heavy atom. The van der Waals surface area contributed by atoms with Crippen LogP contribution in [0.3, 0.4) is 0 Å². The zero-order valence-corrected chi connectivity index (χ0v) is 32.2. The third kappa shape index (κ3) is 4.93. The smallest absolute Gasteiger partial charge is 0.160 e. The van der Waals surface area contributed by atoms with Gasteiger partial charge in [0.15, 0.2) is 5.82 Å². The van der Waals surface area contributed by atoms with Crippen LogP contribution in [0, 0.1) is 0 Å². The van der Waals surface area contributed by atoms with Crippen LogP contribution in [0.4, 0.5) is 0 Å². The van der Waals surface area contributed by atoms with Crippen LogP contribution in [0.1, 0.15) is 22.3 Å². The Bertz CT molecular complexity index is 3210. The molecule has 0 atom stereocenters. The number of nitrogens with zero attached hydrogens (tertiary/aromatic N) is 2. The second-order valence-corrected chi connectivity index (χ2v) is 16.3. The number of hydrogen-bond donors (Lipinski definition) is 0. The highest BCUT2D eigenvalue weighted by molar-refractivity contribution is 7.99. The maximum atomic E-state index is 5.28. The van der Waals surface area contributed by atoms with Gasteiger partial charge in [-0.2, -0.15) is 0 Å². The van der Waals surface area contributed by atoms with Crippen molar-refractivity contribution in [1.82, 2.24) is 9.97 Å². The Kier molecular flexibility index (Phi) is 7.41. The van der Waals surface area contributed by atoms with E-state index in [0.717, 1.165) is 28.1 Å². The van der Waals surface area contributed by atoms with Crippen molar-refractivity contribution in [1.29, 1.82) is 0 Å². The third-order valence-electron chi connectivity index (χ3n) is 12.2. The van der Waals surface area contributed by atoms with Crippen LogP contribution in [0.15, 0.2) is 216 Å². The summed E-state index contributed by atoms with van der Waals surface area (Å²) < 4.78 is 0. The summed E-state index contributed by atoms with van der Waals surface area (Å²) in [7, 11) is 0. The van der Waals surface area contributed by atoms with E-state index < -0.39 is 5.41 Å². The minimum Gasteiger partial charge on any atom is -0.228 e. The summed E-state index contributed by atoms with van der Waals surface area (Å²) in [4.78, 5) is 13.0. The van der Waals surface area contributed by atoms with Crippen molar-refractivity contribution in [3.63, 3.8) is 0 Å². The third-order valence-corrected chi connectivity index (χ3v) is 13.4. The molecule has 12 rings (SSSR count). The van der Waals surface area contributed by atoms with Crippen molar-refractivity contribution < 1.29 is 0 Å². The predicted molar refractivity (Wildman–Crippen MR) is 240 cm³/mol. The van der Waals surface area contributed by atoms with E-state index in [0.29, 0.717) is 5.82 Å². The highest BCUT2D eigenvalue weighted by Gasteiger charge is 2.50. The molecule has 0 N–H and O–H groups in total. The first-order valence-corrected chi connectivity index (χ1v) is 20.6. The molecule has 0 saturated carbocycles. The first-order valence-electron chi connectivity index (χ1n) is 19.8. The molecule has 0 saturated heterocycles. The second kappa shape index (κ2) is 13.0. The summed E-state index contributed by atoms with van der Waals surface area (Å²) in [5.74, 6) is 0.711. The molecule has 1 spiro atoms. The van der Waals surface area contributed by atoms with E-state index in [1.54, 1.807) is 0 Å². The number of benzene rings is 9. The molecule has 0 unspecified atom stereocenters. The summed E-state index contributed by atoms with van der Waals surface area (Å²) in [5, 5.41) is 5.03. The first-order chi connectivity index (χ1) is 28.7. The fraction of sp³-hybridized carbons (Fsp3) is 0.0182. The van der Waals surface area contributed by atoms with E-state index in [-0.39, 0.29) is 0 Å². The quantitative estimate of drug-likeness (QED) is 0.179. The van der Waals surface area contributed by atoms with Crippen LogP contribution in [0.25, 0.3) is 77.7 Å². The molecule has 1 aliphatic heterocycles. The van der Waals surface area contributed by atoms with Gasteiger partial charge in [0, 0.05) is 26.5 Å². The summed E-state index contributed by atoms with van der Waals surface area (Å²) in [6.45, 7) is 0. The highest BCUT2D eigenvalue weighted by atomic mass is 32.2. The molecule has 58 heavy (non-hydrogen) atoms. The van der Waals surface area contributed by atoms with Gasteiger partial charge < -0.3 is 0 Å². The minimum absolute atomic E-state index is 0.455. The Balaban J connectivity index is 1.05. The number of aromatic nitrogens is 2. The molecule has 1 aliphatic carbocycles. The monoisotopic (exact) mass is 754 g/mol. The van der Waals surface area contributed by atoms with Gasteiger partial charge in [-0.15, -0.1) is 0 Å². The molecule has 2 aliphatic rings. The fourth-order valence-electron chi connectivity index (χ4n) is 9.55.